The Morgan fingerprint density at radius 3 is 3.00 bits per heavy atom. The van der Waals surface area contributed by atoms with Gasteiger partial charge < -0.3 is 10.6 Å². The van der Waals surface area contributed by atoms with E-state index in [0.717, 1.165) is 6.42 Å². The van der Waals surface area contributed by atoms with Crippen molar-refractivity contribution in [2.24, 2.45) is 0 Å². The van der Waals surface area contributed by atoms with Gasteiger partial charge in [-0.2, -0.15) is 0 Å². The molecule has 1 atom stereocenters. The summed E-state index contributed by atoms with van der Waals surface area (Å²) in [5.74, 6) is -0.0843. The second-order valence-corrected chi connectivity index (χ2v) is 2.95. The molecule has 1 aliphatic heterocycles. The molecule has 0 saturated carbocycles. The minimum atomic E-state index is -0.288. The first kappa shape index (κ1) is 9.03. The summed E-state index contributed by atoms with van der Waals surface area (Å²) >= 11 is 0. The molecule has 1 saturated heterocycles. The highest BCUT2D eigenvalue weighted by Gasteiger charge is 2.24. The molecule has 2 amide bonds. The van der Waals surface area contributed by atoms with Gasteiger partial charge in [-0.15, -0.1) is 0 Å². The third kappa shape index (κ3) is 2.22. The van der Waals surface area contributed by atoms with Crippen molar-refractivity contribution >= 4 is 11.8 Å². The number of carbonyl (C=O) groups is 2. The predicted octanol–water partition coefficient (Wildman–Crippen LogP) is -0.209. The van der Waals surface area contributed by atoms with Crippen LogP contribution < -0.4 is 10.6 Å². The van der Waals surface area contributed by atoms with E-state index < -0.39 is 0 Å². The summed E-state index contributed by atoms with van der Waals surface area (Å²) < 4.78 is 0. The molecule has 12 heavy (non-hydrogen) atoms. The Balaban J connectivity index is 2.30. The van der Waals surface area contributed by atoms with Crippen molar-refractivity contribution in [3.63, 3.8) is 0 Å². The van der Waals surface area contributed by atoms with Crippen molar-refractivity contribution in [2.45, 2.75) is 32.2 Å². The SMILES string of the molecule is CCCC(=O)NC1CCNC1=O. The maximum Gasteiger partial charge on any atom is 0.242 e. The molecule has 0 spiro atoms. The third-order valence-corrected chi connectivity index (χ3v) is 1.86. The summed E-state index contributed by atoms with van der Waals surface area (Å²) in [5, 5.41) is 5.34. The fraction of sp³-hybridized carbons (Fsp3) is 0.750. The van der Waals surface area contributed by atoms with Crippen LogP contribution in [0.3, 0.4) is 0 Å². The summed E-state index contributed by atoms with van der Waals surface area (Å²) in [6, 6.07) is -0.288. The van der Waals surface area contributed by atoms with Crippen molar-refractivity contribution in [3.8, 4) is 0 Å². The molecule has 0 aromatic heterocycles. The molecule has 4 heteroatoms. The Kier molecular flexibility index (Phi) is 3.08. The fourth-order valence-electron chi connectivity index (χ4n) is 1.23. The first-order valence-corrected chi connectivity index (χ1v) is 4.31. The lowest BCUT2D eigenvalue weighted by Crippen LogP contribution is -2.39. The lowest BCUT2D eigenvalue weighted by Gasteiger charge is -2.08. The van der Waals surface area contributed by atoms with E-state index in [1.54, 1.807) is 0 Å². The Morgan fingerprint density at radius 2 is 2.50 bits per heavy atom. The first-order chi connectivity index (χ1) is 5.74. The molecule has 2 N–H and O–H groups in total. The molecule has 0 aliphatic carbocycles. The van der Waals surface area contributed by atoms with E-state index in [1.165, 1.54) is 0 Å². The minimum absolute atomic E-state index is 0.0282. The van der Waals surface area contributed by atoms with Crippen molar-refractivity contribution in [2.75, 3.05) is 6.54 Å². The lowest BCUT2D eigenvalue weighted by molar-refractivity contribution is -0.127. The normalized spacial score (nSPS) is 22.1. The molecule has 1 fully saturated rings. The Labute approximate surface area is 71.7 Å². The smallest absolute Gasteiger partial charge is 0.242 e. The summed E-state index contributed by atoms with van der Waals surface area (Å²) in [6.45, 7) is 2.62. The molecule has 1 rings (SSSR count). The van der Waals surface area contributed by atoms with E-state index in [2.05, 4.69) is 10.6 Å². The van der Waals surface area contributed by atoms with Gasteiger partial charge in [0.25, 0.3) is 0 Å². The topological polar surface area (TPSA) is 58.2 Å². The largest absolute Gasteiger partial charge is 0.354 e. The second kappa shape index (κ2) is 4.09. The molecular weight excluding hydrogens is 156 g/mol. The van der Waals surface area contributed by atoms with Gasteiger partial charge in [-0.05, 0) is 12.8 Å². The number of rotatable bonds is 3. The molecular formula is C8H14N2O2. The molecule has 1 aliphatic rings. The summed E-state index contributed by atoms with van der Waals surface area (Å²) in [5.41, 5.74) is 0. The zero-order chi connectivity index (χ0) is 8.97. The van der Waals surface area contributed by atoms with Gasteiger partial charge in [0.05, 0.1) is 0 Å². The number of hydrogen-bond donors (Lipinski definition) is 2. The van der Waals surface area contributed by atoms with E-state index in [9.17, 15) is 9.59 Å². The summed E-state index contributed by atoms with van der Waals surface area (Å²) in [7, 11) is 0. The quantitative estimate of drug-likeness (QED) is 0.615. The molecule has 4 nitrogen and oxygen atoms in total. The monoisotopic (exact) mass is 170 g/mol. The van der Waals surface area contributed by atoms with E-state index in [0.29, 0.717) is 19.4 Å². The Hall–Kier alpha value is -1.06. The van der Waals surface area contributed by atoms with Crippen LogP contribution in [-0.4, -0.2) is 24.4 Å². The van der Waals surface area contributed by atoms with Gasteiger partial charge in [0.15, 0.2) is 0 Å². The lowest BCUT2D eigenvalue weighted by atomic mass is 10.2. The van der Waals surface area contributed by atoms with Crippen LogP contribution in [0.15, 0.2) is 0 Å². The number of amides is 2. The van der Waals surface area contributed by atoms with Gasteiger partial charge >= 0.3 is 0 Å². The van der Waals surface area contributed by atoms with Crippen LogP contribution in [0.4, 0.5) is 0 Å². The molecule has 0 bridgehead atoms. The highest BCUT2D eigenvalue weighted by atomic mass is 16.2. The van der Waals surface area contributed by atoms with Gasteiger partial charge in [0.2, 0.25) is 11.8 Å². The van der Waals surface area contributed by atoms with E-state index >= 15 is 0 Å². The number of nitrogens with one attached hydrogen (secondary N) is 2. The molecule has 1 heterocycles. The van der Waals surface area contributed by atoms with Crippen LogP contribution in [0.5, 0.6) is 0 Å². The van der Waals surface area contributed by atoms with Crippen LogP contribution in [0.2, 0.25) is 0 Å². The molecule has 0 aromatic rings. The standard InChI is InChI=1S/C8H14N2O2/c1-2-3-7(11)10-6-4-5-9-8(6)12/h6H,2-5H2,1H3,(H,9,12)(H,10,11). The second-order valence-electron chi connectivity index (χ2n) is 2.95. The molecule has 68 valence electrons. The van der Waals surface area contributed by atoms with Crippen LogP contribution in [0.25, 0.3) is 0 Å². The van der Waals surface area contributed by atoms with E-state index in [-0.39, 0.29) is 17.9 Å². The van der Waals surface area contributed by atoms with Crippen molar-refractivity contribution in [1.29, 1.82) is 0 Å². The molecule has 1 unspecified atom stereocenters. The number of hydrogen-bond acceptors (Lipinski definition) is 2. The summed E-state index contributed by atoms with van der Waals surface area (Å²) in [4.78, 5) is 22.0. The molecule has 0 aromatic carbocycles. The number of carbonyl (C=O) groups excluding carboxylic acids is 2. The van der Waals surface area contributed by atoms with Gasteiger partial charge in [0.1, 0.15) is 6.04 Å². The van der Waals surface area contributed by atoms with Crippen molar-refractivity contribution in [3.05, 3.63) is 0 Å². The maximum atomic E-state index is 11.1. The predicted molar refractivity (Wildman–Crippen MR) is 44.5 cm³/mol. The van der Waals surface area contributed by atoms with Gasteiger partial charge in [-0.1, -0.05) is 6.92 Å². The Bertz CT molecular complexity index is 191. The highest BCUT2D eigenvalue weighted by molar-refractivity contribution is 5.88. The van der Waals surface area contributed by atoms with E-state index in [4.69, 9.17) is 0 Å². The average Bonchev–Trinajstić information content (AvgIpc) is 2.37. The maximum absolute atomic E-state index is 11.1. The Morgan fingerprint density at radius 1 is 1.75 bits per heavy atom. The van der Waals surface area contributed by atoms with Crippen LogP contribution >= 0.6 is 0 Å². The zero-order valence-corrected chi connectivity index (χ0v) is 7.22. The fourth-order valence-corrected chi connectivity index (χ4v) is 1.23. The van der Waals surface area contributed by atoms with E-state index in [1.807, 2.05) is 6.92 Å². The highest BCUT2D eigenvalue weighted by Crippen LogP contribution is 1.99. The van der Waals surface area contributed by atoms with Gasteiger partial charge in [-0.3, -0.25) is 9.59 Å². The molecule has 0 radical (unpaired) electrons. The summed E-state index contributed by atoms with van der Waals surface area (Å²) in [6.07, 6.45) is 2.04. The third-order valence-electron chi connectivity index (χ3n) is 1.86. The van der Waals surface area contributed by atoms with Crippen LogP contribution in [-0.2, 0) is 9.59 Å². The van der Waals surface area contributed by atoms with Crippen LogP contribution in [0.1, 0.15) is 26.2 Å². The van der Waals surface area contributed by atoms with Crippen molar-refractivity contribution < 1.29 is 9.59 Å². The van der Waals surface area contributed by atoms with Gasteiger partial charge in [-0.25, -0.2) is 0 Å². The first-order valence-electron chi connectivity index (χ1n) is 4.31. The zero-order valence-electron chi connectivity index (χ0n) is 7.22. The van der Waals surface area contributed by atoms with Crippen LogP contribution in [0, 0.1) is 0 Å². The van der Waals surface area contributed by atoms with Crippen molar-refractivity contribution in [1.82, 2.24) is 10.6 Å². The minimum Gasteiger partial charge on any atom is -0.354 e. The average molecular weight is 170 g/mol. The van der Waals surface area contributed by atoms with Gasteiger partial charge in [0, 0.05) is 13.0 Å².